The monoisotopic (exact) mass is 239 g/mol. The molecule has 2 heterocycles. The number of nitrogens with zero attached hydrogens (tertiary/aromatic N) is 1. The molecule has 2 rings (SSSR count). The Morgan fingerprint density at radius 2 is 2.53 bits per heavy atom. The maximum Gasteiger partial charge on any atom is 0.165 e. The number of hydrogen-bond donors (Lipinski definition) is 2. The van der Waals surface area contributed by atoms with Crippen LogP contribution in [-0.4, -0.2) is 37.3 Å². The molecule has 1 aliphatic heterocycles. The highest BCUT2D eigenvalue weighted by atomic mass is 19.1. The quantitative estimate of drug-likeness (QED) is 0.815. The summed E-state index contributed by atoms with van der Waals surface area (Å²) in [7, 11) is 1.68. The van der Waals surface area contributed by atoms with E-state index in [-0.39, 0.29) is 11.4 Å². The van der Waals surface area contributed by atoms with E-state index in [9.17, 15) is 4.39 Å². The van der Waals surface area contributed by atoms with Gasteiger partial charge in [0.15, 0.2) is 11.6 Å². The van der Waals surface area contributed by atoms with Crippen LogP contribution in [0.4, 0.5) is 10.2 Å². The van der Waals surface area contributed by atoms with Gasteiger partial charge in [0.2, 0.25) is 0 Å². The van der Waals surface area contributed by atoms with E-state index in [1.807, 2.05) is 0 Å². The van der Waals surface area contributed by atoms with Crippen LogP contribution in [0.1, 0.15) is 12.8 Å². The lowest BCUT2D eigenvalue weighted by atomic mass is 9.99. The lowest BCUT2D eigenvalue weighted by Crippen LogP contribution is -2.49. The third-order valence-corrected chi connectivity index (χ3v) is 3.11. The first-order valence-corrected chi connectivity index (χ1v) is 5.84. The highest BCUT2D eigenvalue weighted by Gasteiger charge is 2.33. The molecule has 0 saturated carbocycles. The topological polar surface area (TPSA) is 46.2 Å². The number of pyridine rings is 1. The first-order valence-electron chi connectivity index (χ1n) is 5.84. The van der Waals surface area contributed by atoms with Crippen molar-refractivity contribution in [3.8, 4) is 0 Å². The number of rotatable bonds is 5. The maximum atomic E-state index is 13.4. The van der Waals surface area contributed by atoms with Gasteiger partial charge in [0.05, 0.1) is 12.1 Å². The Balaban J connectivity index is 1.98. The fraction of sp³-hybridized carbons (Fsp3) is 0.583. The third-order valence-electron chi connectivity index (χ3n) is 3.11. The van der Waals surface area contributed by atoms with Gasteiger partial charge in [0.1, 0.15) is 0 Å². The van der Waals surface area contributed by atoms with Gasteiger partial charge in [0, 0.05) is 19.9 Å². The molecule has 1 saturated heterocycles. The maximum absolute atomic E-state index is 13.4. The van der Waals surface area contributed by atoms with Crippen LogP contribution in [0.25, 0.3) is 0 Å². The molecule has 0 spiro atoms. The Hall–Kier alpha value is -1.20. The van der Waals surface area contributed by atoms with Crippen LogP contribution >= 0.6 is 0 Å². The second-order valence-corrected chi connectivity index (χ2v) is 4.43. The lowest BCUT2D eigenvalue weighted by molar-refractivity contribution is 0.127. The SMILES string of the molecule is COCC1(CNc2ncccc2F)CCCN1. The smallest absolute Gasteiger partial charge is 0.165 e. The van der Waals surface area contributed by atoms with E-state index in [0.717, 1.165) is 19.4 Å². The van der Waals surface area contributed by atoms with E-state index < -0.39 is 0 Å². The van der Waals surface area contributed by atoms with E-state index >= 15 is 0 Å². The Morgan fingerprint density at radius 3 is 3.18 bits per heavy atom. The summed E-state index contributed by atoms with van der Waals surface area (Å²) in [5.41, 5.74) is -0.0985. The van der Waals surface area contributed by atoms with Crippen molar-refractivity contribution in [2.75, 3.05) is 32.1 Å². The second-order valence-electron chi connectivity index (χ2n) is 4.43. The van der Waals surface area contributed by atoms with Gasteiger partial charge in [0.25, 0.3) is 0 Å². The predicted molar refractivity (Wildman–Crippen MR) is 64.5 cm³/mol. The highest BCUT2D eigenvalue weighted by Crippen LogP contribution is 2.20. The Labute approximate surface area is 101 Å². The Bertz CT molecular complexity index is 367. The van der Waals surface area contributed by atoms with Gasteiger partial charge in [-0.15, -0.1) is 0 Å². The number of ether oxygens (including phenoxy) is 1. The Kier molecular flexibility index (Phi) is 3.91. The first-order chi connectivity index (χ1) is 8.26. The fourth-order valence-corrected chi connectivity index (χ4v) is 2.24. The van der Waals surface area contributed by atoms with Crippen molar-refractivity contribution in [3.05, 3.63) is 24.1 Å². The first kappa shape index (κ1) is 12.3. The molecule has 1 atom stereocenters. The van der Waals surface area contributed by atoms with Crippen LogP contribution in [0.15, 0.2) is 18.3 Å². The van der Waals surface area contributed by atoms with Gasteiger partial charge < -0.3 is 15.4 Å². The van der Waals surface area contributed by atoms with Gasteiger partial charge in [-0.3, -0.25) is 0 Å². The van der Waals surface area contributed by atoms with E-state index in [4.69, 9.17) is 4.74 Å². The standard InChI is InChI=1S/C12H18FN3O/c1-17-9-12(5-3-7-16-12)8-15-11-10(13)4-2-6-14-11/h2,4,6,16H,3,5,7-9H2,1H3,(H,14,15). The minimum absolute atomic E-state index is 0.0985. The van der Waals surface area contributed by atoms with Crippen molar-refractivity contribution in [3.63, 3.8) is 0 Å². The minimum Gasteiger partial charge on any atom is -0.383 e. The van der Waals surface area contributed by atoms with Crippen LogP contribution in [-0.2, 0) is 4.74 Å². The van der Waals surface area contributed by atoms with Crippen LogP contribution in [0.3, 0.4) is 0 Å². The van der Waals surface area contributed by atoms with Crippen LogP contribution in [0.2, 0.25) is 0 Å². The second kappa shape index (κ2) is 5.42. The van der Waals surface area contributed by atoms with Gasteiger partial charge in [-0.25, -0.2) is 9.37 Å². The number of methoxy groups -OCH3 is 1. The van der Waals surface area contributed by atoms with Gasteiger partial charge in [-0.1, -0.05) is 0 Å². The summed E-state index contributed by atoms with van der Waals surface area (Å²) in [4.78, 5) is 3.98. The van der Waals surface area contributed by atoms with Gasteiger partial charge in [-0.05, 0) is 31.5 Å². The number of anilines is 1. The van der Waals surface area contributed by atoms with Gasteiger partial charge >= 0.3 is 0 Å². The average molecular weight is 239 g/mol. The highest BCUT2D eigenvalue weighted by molar-refractivity contribution is 5.36. The number of hydrogen-bond acceptors (Lipinski definition) is 4. The predicted octanol–water partition coefficient (Wildman–Crippen LogP) is 1.40. The lowest BCUT2D eigenvalue weighted by Gasteiger charge is -2.29. The molecule has 0 radical (unpaired) electrons. The van der Waals surface area contributed by atoms with Crippen molar-refractivity contribution < 1.29 is 9.13 Å². The molecule has 5 heteroatoms. The molecule has 1 aromatic heterocycles. The largest absolute Gasteiger partial charge is 0.383 e. The molecule has 94 valence electrons. The Morgan fingerprint density at radius 1 is 1.65 bits per heavy atom. The van der Waals surface area contributed by atoms with Crippen LogP contribution < -0.4 is 10.6 Å². The molecule has 4 nitrogen and oxygen atoms in total. The van der Waals surface area contributed by atoms with Crippen molar-refractivity contribution in [2.24, 2.45) is 0 Å². The molecule has 1 unspecified atom stereocenters. The molecule has 2 N–H and O–H groups in total. The zero-order chi connectivity index (χ0) is 12.1. The zero-order valence-electron chi connectivity index (χ0n) is 10.0. The molecule has 0 aromatic carbocycles. The van der Waals surface area contributed by atoms with Gasteiger partial charge in [-0.2, -0.15) is 0 Å². The molecule has 0 bridgehead atoms. The molecule has 0 amide bonds. The summed E-state index contributed by atoms with van der Waals surface area (Å²) in [6.45, 7) is 2.22. The minimum atomic E-state index is -0.321. The summed E-state index contributed by atoms with van der Waals surface area (Å²) < 4.78 is 18.6. The summed E-state index contributed by atoms with van der Waals surface area (Å²) in [6, 6.07) is 2.99. The molecule has 0 aliphatic carbocycles. The van der Waals surface area contributed by atoms with E-state index in [2.05, 4.69) is 15.6 Å². The van der Waals surface area contributed by atoms with Crippen LogP contribution in [0, 0.1) is 5.82 Å². The summed E-state index contributed by atoms with van der Waals surface area (Å²) in [5.74, 6) is -0.0188. The number of nitrogens with one attached hydrogen (secondary N) is 2. The van der Waals surface area contributed by atoms with E-state index in [1.165, 1.54) is 6.07 Å². The number of aromatic nitrogens is 1. The molecular formula is C12H18FN3O. The molecular weight excluding hydrogens is 221 g/mol. The molecule has 17 heavy (non-hydrogen) atoms. The molecule has 1 fully saturated rings. The van der Waals surface area contributed by atoms with E-state index in [1.54, 1.807) is 19.4 Å². The van der Waals surface area contributed by atoms with Crippen molar-refractivity contribution in [1.82, 2.24) is 10.3 Å². The zero-order valence-corrected chi connectivity index (χ0v) is 10.0. The fourth-order valence-electron chi connectivity index (χ4n) is 2.24. The molecule has 1 aliphatic rings. The summed E-state index contributed by atoms with van der Waals surface area (Å²) in [6.07, 6.45) is 3.73. The summed E-state index contributed by atoms with van der Waals surface area (Å²) >= 11 is 0. The van der Waals surface area contributed by atoms with Crippen LogP contribution in [0.5, 0.6) is 0 Å². The van der Waals surface area contributed by atoms with Crippen molar-refractivity contribution >= 4 is 5.82 Å². The average Bonchev–Trinajstić information content (AvgIpc) is 2.78. The summed E-state index contributed by atoms with van der Waals surface area (Å²) in [5, 5.41) is 6.47. The van der Waals surface area contributed by atoms with Crippen molar-refractivity contribution in [1.29, 1.82) is 0 Å². The van der Waals surface area contributed by atoms with E-state index in [0.29, 0.717) is 19.0 Å². The normalized spacial score (nSPS) is 23.9. The third kappa shape index (κ3) is 2.92. The molecule has 1 aromatic rings. The van der Waals surface area contributed by atoms with Crippen molar-refractivity contribution in [2.45, 2.75) is 18.4 Å². The number of halogens is 1.